The summed E-state index contributed by atoms with van der Waals surface area (Å²) in [7, 11) is 2.16. The number of nitrogens with two attached hydrogens (primary N) is 1. The molecular weight excluding hydrogens is 244 g/mol. The molecule has 0 atom stereocenters. The van der Waals surface area contributed by atoms with E-state index in [2.05, 4.69) is 18.2 Å². The van der Waals surface area contributed by atoms with Gasteiger partial charge in [0, 0.05) is 31.0 Å². The topological polar surface area (TPSA) is 38.5 Å². The van der Waals surface area contributed by atoms with Gasteiger partial charge in [-0.05, 0) is 25.8 Å². The molecule has 0 heterocycles. The molecule has 0 aromatic heterocycles. The fourth-order valence-corrected chi connectivity index (χ4v) is 2.18. The highest BCUT2D eigenvalue weighted by Gasteiger charge is 2.01. The third-order valence-corrected chi connectivity index (χ3v) is 3.40. The third kappa shape index (κ3) is 5.76. The van der Waals surface area contributed by atoms with Gasteiger partial charge < -0.3 is 15.4 Å². The zero-order valence-electron chi connectivity index (χ0n) is 11.4. The third-order valence-electron chi connectivity index (χ3n) is 2.81. The molecule has 0 bridgehead atoms. The Morgan fingerprint density at radius 3 is 2.78 bits per heavy atom. The van der Waals surface area contributed by atoms with Crippen LogP contribution in [-0.4, -0.2) is 43.7 Å². The molecule has 102 valence electrons. The second-order valence-corrected chi connectivity index (χ2v) is 5.30. The van der Waals surface area contributed by atoms with E-state index >= 15 is 0 Å². The largest absolute Gasteiger partial charge is 0.493 e. The fourth-order valence-electron chi connectivity index (χ4n) is 1.69. The van der Waals surface area contributed by atoms with Crippen molar-refractivity contribution in [3.05, 3.63) is 29.8 Å². The summed E-state index contributed by atoms with van der Waals surface area (Å²) >= 11 is 1.88. The second kappa shape index (κ2) is 9.25. The van der Waals surface area contributed by atoms with E-state index < -0.39 is 0 Å². The lowest BCUT2D eigenvalue weighted by Crippen LogP contribution is -2.23. The molecule has 1 aromatic rings. The normalized spacial score (nSPS) is 10.9. The van der Waals surface area contributed by atoms with Gasteiger partial charge in [-0.3, -0.25) is 0 Å². The lowest BCUT2D eigenvalue weighted by Gasteiger charge is -2.16. The Bertz CT molecular complexity index is 333. The minimum Gasteiger partial charge on any atom is -0.493 e. The molecule has 3 nitrogen and oxygen atoms in total. The van der Waals surface area contributed by atoms with Crippen molar-refractivity contribution in [3.63, 3.8) is 0 Å². The number of para-hydroxylation sites is 1. The summed E-state index contributed by atoms with van der Waals surface area (Å²) in [5.74, 6) is 2.11. The van der Waals surface area contributed by atoms with Crippen molar-refractivity contribution in [3.8, 4) is 5.75 Å². The van der Waals surface area contributed by atoms with Gasteiger partial charge in [0.1, 0.15) is 5.75 Å². The van der Waals surface area contributed by atoms with Gasteiger partial charge in [0.15, 0.2) is 0 Å². The smallest absolute Gasteiger partial charge is 0.123 e. The number of rotatable bonds is 9. The summed E-state index contributed by atoms with van der Waals surface area (Å²) in [5.41, 5.74) is 6.74. The quantitative estimate of drug-likeness (QED) is 0.697. The molecule has 18 heavy (non-hydrogen) atoms. The van der Waals surface area contributed by atoms with E-state index in [0.29, 0.717) is 6.54 Å². The van der Waals surface area contributed by atoms with Gasteiger partial charge >= 0.3 is 0 Å². The number of thioether (sulfide) groups is 1. The van der Waals surface area contributed by atoms with Crippen molar-refractivity contribution in [1.29, 1.82) is 0 Å². The lowest BCUT2D eigenvalue weighted by atomic mass is 10.2. The van der Waals surface area contributed by atoms with Crippen LogP contribution in [0.3, 0.4) is 0 Å². The van der Waals surface area contributed by atoms with Crippen molar-refractivity contribution in [2.75, 3.05) is 38.8 Å². The second-order valence-electron chi connectivity index (χ2n) is 4.31. The van der Waals surface area contributed by atoms with Gasteiger partial charge in [-0.25, -0.2) is 0 Å². The zero-order valence-corrected chi connectivity index (χ0v) is 12.2. The van der Waals surface area contributed by atoms with Crippen molar-refractivity contribution < 1.29 is 4.74 Å². The molecule has 1 aromatic carbocycles. The first-order valence-electron chi connectivity index (χ1n) is 6.36. The molecule has 0 unspecified atom stereocenters. The molecular formula is C14H24N2OS. The maximum absolute atomic E-state index is 5.77. The van der Waals surface area contributed by atoms with Crippen LogP contribution in [0.2, 0.25) is 0 Å². The van der Waals surface area contributed by atoms with Crippen molar-refractivity contribution >= 4 is 11.8 Å². The summed E-state index contributed by atoms with van der Waals surface area (Å²) in [4.78, 5) is 2.34. The average molecular weight is 268 g/mol. The summed E-state index contributed by atoms with van der Waals surface area (Å²) in [5, 5.41) is 0. The number of hydrogen-bond acceptors (Lipinski definition) is 4. The predicted octanol–water partition coefficient (Wildman–Crippen LogP) is 2.21. The molecule has 2 N–H and O–H groups in total. The van der Waals surface area contributed by atoms with Crippen LogP contribution in [0, 0.1) is 0 Å². The maximum Gasteiger partial charge on any atom is 0.123 e. The Balaban J connectivity index is 2.21. The Labute approximate surface area is 115 Å². The summed E-state index contributed by atoms with van der Waals surface area (Å²) in [6, 6.07) is 7.98. The number of nitrogens with zero attached hydrogens (tertiary/aromatic N) is 1. The van der Waals surface area contributed by atoms with Crippen molar-refractivity contribution in [2.45, 2.75) is 13.0 Å². The van der Waals surface area contributed by atoms with Crippen molar-refractivity contribution in [1.82, 2.24) is 4.90 Å². The van der Waals surface area contributed by atoms with Crippen LogP contribution in [0.4, 0.5) is 0 Å². The van der Waals surface area contributed by atoms with Crippen LogP contribution in [0.1, 0.15) is 12.0 Å². The van der Waals surface area contributed by atoms with Gasteiger partial charge in [-0.1, -0.05) is 18.2 Å². The highest BCUT2D eigenvalue weighted by Crippen LogP contribution is 2.17. The average Bonchev–Trinajstić information content (AvgIpc) is 2.41. The standard InChI is InChI=1S/C14H24N2OS/c1-16(9-11-18-2)8-5-10-17-14-7-4-3-6-13(14)12-15/h3-4,6-7H,5,8-12,15H2,1-2H3. The number of hydrogen-bond donors (Lipinski definition) is 1. The minimum atomic E-state index is 0.532. The first-order chi connectivity index (χ1) is 8.77. The Kier molecular flexibility index (Phi) is 7.89. The van der Waals surface area contributed by atoms with Gasteiger partial charge in [-0.2, -0.15) is 11.8 Å². The molecule has 1 rings (SSSR count). The van der Waals surface area contributed by atoms with Crippen LogP contribution < -0.4 is 10.5 Å². The van der Waals surface area contributed by atoms with Crippen LogP contribution in [0.15, 0.2) is 24.3 Å². The highest BCUT2D eigenvalue weighted by molar-refractivity contribution is 7.98. The molecule has 0 spiro atoms. The molecule has 0 radical (unpaired) electrons. The van der Waals surface area contributed by atoms with Crippen LogP contribution in [-0.2, 0) is 6.54 Å². The van der Waals surface area contributed by atoms with E-state index in [4.69, 9.17) is 10.5 Å². The molecule has 0 aliphatic heterocycles. The van der Waals surface area contributed by atoms with E-state index in [0.717, 1.165) is 37.4 Å². The monoisotopic (exact) mass is 268 g/mol. The molecule has 0 aliphatic carbocycles. The first kappa shape index (κ1) is 15.3. The van der Waals surface area contributed by atoms with Gasteiger partial charge in [-0.15, -0.1) is 0 Å². The summed E-state index contributed by atoms with van der Waals surface area (Å²) in [6.07, 6.45) is 3.19. The molecule has 0 fully saturated rings. The van der Waals surface area contributed by atoms with Gasteiger partial charge in [0.2, 0.25) is 0 Å². The molecule has 0 amide bonds. The van der Waals surface area contributed by atoms with Crippen LogP contribution in [0.5, 0.6) is 5.75 Å². The van der Waals surface area contributed by atoms with Crippen LogP contribution >= 0.6 is 11.8 Å². The predicted molar refractivity (Wildman–Crippen MR) is 80.3 cm³/mol. The minimum absolute atomic E-state index is 0.532. The SMILES string of the molecule is CSCCN(C)CCCOc1ccccc1CN. The van der Waals surface area contributed by atoms with Crippen LogP contribution in [0.25, 0.3) is 0 Å². The fraction of sp³-hybridized carbons (Fsp3) is 0.571. The van der Waals surface area contributed by atoms with E-state index in [9.17, 15) is 0 Å². The number of benzene rings is 1. The Hall–Kier alpha value is -0.710. The summed E-state index contributed by atoms with van der Waals surface area (Å²) < 4.78 is 5.77. The zero-order chi connectivity index (χ0) is 13.2. The van der Waals surface area contributed by atoms with E-state index in [-0.39, 0.29) is 0 Å². The highest BCUT2D eigenvalue weighted by atomic mass is 32.2. The molecule has 0 saturated heterocycles. The van der Waals surface area contributed by atoms with E-state index in [1.165, 1.54) is 5.75 Å². The lowest BCUT2D eigenvalue weighted by molar-refractivity contribution is 0.267. The summed E-state index contributed by atoms with van der Waals surface area (Å²) in [6.45, 7) is 3.50. The number of ether oxygens (including phenoxy) is 1. The molecule has 0 aliphatic rings. The van der Waals surface area contributed by atoms with E-state index in [1.807, 2.05) is 36.0 Å². The van der Waals surface area contributed by atoms with Crippen molar-refractivity contribution in [2.24, 2.45) is 5.73 Å². The van der Waals surface area contributed by atoms with Gasteiger partial charge in [0.05, 0.1) is 6.61 Å². The Morgan fingerprint density at radius 2 is 2.06 bits per heavy atom. The maximum atomic E-state index is 5.77. The molecule has 4 heteroatoms. The Morgan fingerprint density at radius 1 is 1.28 bits per heavy atom. The van der Waals surface area contributed by atoms with E-state index in [1.54, 1.807) is 0 Å². The first-order valence-corrected chi connectivity index (χ1v) is 7.75. The van der Waals surface area contributed by atoms with Gasteiger partial charge in [0.25, 0.3) is 0 Å². The molecule has 0 saturated carbocycles.